The predicted molar refractivity (Wildman–Crippen MR) is 51.5 cm³/mol. The lowest BCUT2D eigenvalue weighted by Gasteiger charge is -2.16. The summed E-state index contributed by atoms with van der Waals surface area (Å²) in [4.78, 5) is 10.5. The van der Waals surface area contributed by atoms with Crippen molar-refractivity contribution < 1.29 is 37.3 Å². The molecule has 0 spiro atoms. The summed E-state index contributed by atoms with van der Waals surface area (Å²) in [5, 5.41) is 17.8. The molecule has 0 aliphatic carbocycles. The van der Waals surface area contributed by atoms with Gasteiger partial charge in [-0.15, -0.1) is 0 Å². The van der Waals surface area contributed by atoms with E-state index in [2.05, 4.69) is 4.74 Å². The standard InChI is InChI=1S/C10H8F4O4/c11-9(12)10(13,14)4-18-5-1-2-6(8(16)17)7(15)3-5/h1-3,9,15H,4H2,(H,16,17). The minimum Gasteiger partial charge on any atom is -0.507 e. The van der Waals surface area contributed by atoms with Crippen LogP contribution in [0.4, 0.5) is 17.6 Å². The predicted octanol–water partition coefficient (Wildman–Crippen LogP) is 2.37. The lowest BCUT2D eigenvalue weighted by Crippen LogP contribution is -2.33. The Labute approximate surface area is 98.4 Å². The zero-order valence-electron chi connectivity index (χ0n) is 8.74. The molecule has 4 nitrogen and oxygen atoms in total. The lowest BCUT2D eigenvalue weighted by atomic mass is 10.2. The summed E-state index contributed by atoms with van der Waals surface area (Å²) in [5.41, 5.74) is -0.456. The highest BCUT2D eigenvalue weighted by Gasteiger charge is 2.41. The maximum absolute atomic E-state index is 12.5. The largest absolute Gasteiger partial charge is 0.507 e. The molecule has 0 radical (unpaired) electrons. The van der Waals surface area contributed by atoms with Crippen LogP contribution in [0.2, 0.25) is 0 Å². The van der Waals surface area contributed by atoms with Crippen molar-refractivity contribution in [1.29, 1.82) is 0 Å². The monoisotopic (exact) mass is 268 g/mol. The van der Waals surface area contributed by atoms with E-state index >= 15 is 0 Å². The molecule has 0 bridgehead atoms. The van der Waals surface area contributed by atoms with Gasteiger partial charge in [-0.25, -0.2) is 13.6 Å². The van der Waals surface area contributed by atoms with Crippen LogP contribution in [0.3, 0.4) is 0 Å². The Bertz CT molecular complexity index is 448. The van der Waals surface area contributed by atoms with Crippen LogP contribution in [-0.2, 0) is 0 Å². The molecule has 0 saturated carbocycles. The van der Waals surface area contributed by atoms with Crippen LogP contribution in [-0.4, -0.2) is 35.1 Å². The number of halogens is 4. The van der Waals surface area contributed by atoms with Gasteiger partial charge in [-0.1, -0.05) is 0 Å². The molecule has 100 valence electrons. The zero-order chi connectivity index (χ0) is 13.9. The van der Waals surface area contributed by atoms with Crippen LogP contribution < -0.4 is 4.74 Å². The van der Waals surface area contributed by atoms with E-state index in [4.69, 9.17) is 5.11 Å². The maximum Gasteiger partial charge on any atom is 0.340 e. The molecular weight excluding hydrogens is 260 g/mol. The molecule has 1 aromatic rings. The van der Waals surface area contributed by atoms with E-state index in [-0.39, 0.29) is 5.75 Å². The Kier molecular flexibility index (Phi) is 4.00. The van der Waals surface area contributed by atoms with E-state index in [1.807, 2.05) is 0 Å². The van der Waals surface area contributed by atoms with Crippen LogP contribution in [0, 0.1) is 0 Å². The van der Waals surface area contributed by atoms with Gasteiger partial charge in [0.15, 0.2) is 6.61 Å². The number of rotatable bonds is 5. The maximum atomic E-state index is 12.5. The Morgan fingerprint density at radius 2 is 2.00 bits per heavy atom. The molecule has 0 aliphatic heterocycles. The molecule has 18 heavy (non-hydrogen) atoms. The molecule has 8 heteroatoms. The van der Waals surface area contributed by atoms with Gasteiger partial charge >= 0.3 is 18.3 Å². The van der Waals surface area contributed by atoms with E-state index in [1.165, 1.54) is 0 Å². The van der Waals surface area contributed by atoms with Gasteiger partial charge < -0.3 is 14.9 Å². The summed E-state index contributed by atoms with van der Waals surface area (Å²) in [6.45, 7) is -1.57. The van der Waals surface area contributed by atoms with Gasteiger partial charge in [0.2, 0.25) is 0 Å². The van der Waals surface area contributed by atoms with Crippen LogP contribution in [0.5, 0.6) is 11.5 Å². The van der Waals surface area contributed by atoms with E-state index < -0.39 is 36.2 Å². The number of hydrogen-bond acceptors (Lipinski definition) is 3. The summed E-state index contributed by atoms with van der Waals surface area (Å²) in [5.74, 6) is -6.78. The molecule has 0 aromatic heterocycles. The topological polar surface area (TPSA) is 66.8 Å². The molecule has 0 saturated heterocycles. The SMILES string of the molecule is O=C(O)c1ccc(OCC(F)(F)C(F)F)cc1O. The molecule has 0 amide bonds. The van der Waals surface area contributed by atoms with Crippen molar-refractivity contribution in [2.75, 3.05) is 6.61 Å². The van der Waals surface area contributed by atoms with Crippen molar-refractivity contribution in [2.45, 2.75) is 12.3 Å². The van der Waals surface area contributed by atoms with Crippen LogP contribution >= 0.6 is 0 Å². The fourth-order valence-electron chi connectivity index (χ4n) is 1.02. The smallest absolute Gasteiger partial charge is 0.340 e. The fraction of sp³-hybridized carbons (Fsp3) is 0.300. The molecule has 1 rings (SSSR count). The lowest BCUT2D eigenvalue weighted by molar-refractivity contribution is -0.148. The van der Waals surface area contributed by atoms with Crippen LogP contribution in [0.25, 0.3) is 0 Å². The Hall–Kier alpha value is -1.99. The average molecular weight is 268 g/mol. The number of carbonyl (C=O) groups is 1. The van der Waals surface area contributed by atoms with Crippen molar-refractivity contribution in [3.05, 3.63) is 23.8 Å². The summed E-state index contributed by atoms with van der Waals surface area (Å²) < 4.78 is 53.0. The van der Waals surface area contributed by atoms with Crippen molar-refractivity contribution in [2.24, 2.45) is 0 Å². The van der Waals surface area contributed by atoms with Crippen LogP contribution in [0.15, 0.2) is 18.2 Å². The molecular formula is C10H8F4O4. The van der Waals surface area contributed by atoms with Gasteiger partial charge in [-0.3, -0.25) is 0 Å². The highest BCUT2D eigenvalue weighted by molar-refractivity contribution is 5.90. The number of hydrogen-bond donors (Lipinski definition) is 2. The zero-order valence-corrected chi connectivity index (χ0v) is 8.74. The molecule has 0 heterocycles. The van der Waals surface area contributed by atoms with Gasteiger partial charge in [0.05, 0.1) is 0 Å². The number of benzene rings is 1. The second-order valence-corrected chi connectivity index (χ2v) is 3.33. The first-order valence-electron chi connectivity index (χ1n) is 4.59. The number of carboxylic acid groups (broad SMARTS) is 1. The molecule has 0 aliphatic rings. The van der Waals surface area contributed by atoms with E-state index in [9.17, 15) is 27.5 Å². The van der Waals surface area contributed by atoms with Gasteiger partial charge in [0, 0.05) is 6.07 Å². The fourth-order valence-corrected chi connectivity index (χ4v) is 1.02. The first-order valence-corrected chi connectivity index (χ1v) is 4.59. The van der Waals surface area contributed by atoms with Gasteiger partial charge in [0.25, 0.3) is 0 Å². The Morgan fingerprint density at radius 3 is 2.44 bits per heavy atom. The Morgan fingerprint density at radius 1 is 1.39 bits per heavy atom. The van der Waals surface area contributed by atoms with Crippen molar-refractivity contribution in [3.63, 3.8) is 0 Å². The van der Waals surface area contributed by atoms with Crippen molar-refractivity contribution in [1.82, 2.24) is 0 Å². The van der Waals surface area contributed by atoms with Crippen molar-refractivity contribution in [3.8, 4) is 11.5 Å². The minimum atomic E-state index is -4.32. The Balaban J connectivity index is 2.76. The quantitative estimate of drug-likeness (QED) is 0.804. The van der Waals surface area contributed by atoms with E-state index in [1.54, 1.807) is 0 Å². The summed E-state index contributed by atoms with van der Waals surface area (Å²) in [7, 11) is 0. The summed E-state index contributed by atoms with van der Waals surface area (Å²) in [6, 6.07) is 2.64. The number of phenols is 1. The van der Waals surface area contributed by atoms with Gasteiger partial charge in [-0.05, 0) is 12.1 Å². The number of ether oxygens (including phenoxy) is 1. The highest BCUT2D eigenvalue weighted by Crippen LogP contribution is 2.27. The third kappa shape index (κ3) is 3.25. The molecule has 1 aromatic carbocycles. The normalized spacial score (nSPS) is 11.6. The highest BCUT2D eigenvalue weighted by atomic mass is 19.3. The third-order valence-corrected chi connectivity index (χ3v) is 1.95. The summed E-state index contributed by atoms with van der Waals surface area (Å²) in [6.07, 6.45) is -3.87. The second kappa shape index (κ2) is 5.11. The molecule has 2 N–H and O–H groups in total. The molecule has 0 fully saturated rings. The summed E-state index contributed by atoms with van der Waals surface area (Å²) >= 11 is 0. The first-order chi connectivity index (χ1) is 8.24. The first kappa shape index (κ1) is 14.1. The van der Waals surface area contributed by atoms with E-state index in [0.717, 1.165) is 18.2 Å². The average Bonchev–Trinajstić information content (AvgIpc) is 2.25. The second-order valence-electron chi connectivity index (χ2n) is 3.33. The van der Waals surface area contributed by atoms with Gasteiger partial charge in [0.1, 0.15) is 17.1 Å². The number of carboxylic acids is 1. The van der Waals surface area contributed by atoms with Gasteiger partial charge in [-0.2, -0.15) is 8.78 Å². The number of aromatic carboxylic acids is 1. The third-order valence-electron chi connectivity index (χ3n) is 1.95. The minimum absolute atomic E-state index is 0.335. The van der Waals surface area contributed by atoms with E-state index in [0.29, 0.717) is 0 Å². The molecule has 0 atom stereocenters. The number of alkyl halides is 4. The number of aromatic hydroxyl groups is 1. The van der Waals surface area contributed by atoms with Crippen molar-refractivity contribution >= 4 is 5.97 Å². The molecule has 0 unspecified atom stereocenters. The van der Waals surface area contributed by atoms with Crippen LogP contribution in [0.1, 0.15) is 10.4 Å².